The second-order valence-electron chi connectivity index (χ2n) is 4.04. The molecule has 0 spiro atoms. The molecule has 2 atom stereocenters. The third-order valence-corrected chi connectivity index (χ3v) is 4.59. The van der Waals surface area contributed by atoms with Gasteiger partial charge in [-0.3, -0.25) is 4.79 Å². The van der Waals surface area contributed by atoms with Crippen LogP contribution in [0.15, 0.2) is 22.7 Å². The summed E-state index contributed by atoms with van der Waals surface area (Å²) < 4.78 is 40.4. The highest BCUT2D eigenvalue weighted by molar-refractivity contribution is 9.10. The van der Waals surface area contributed by atoms with Crippen molar-refractivity contribution >= 4 is 37.6 Å². The van der Waals surface area contributed by atoms with Crippen LogP contribution in [0, 0.1) is 0 Å². The van der Waals surface area contributed by atoms with Crippen molar-refractivity contribution in [2.24, 2.45) is 0 Å². The minimum absolute atomic E-state index is 0.0424. The van der Waals surface area contributed by atoms with E-state index in [4.69, 9.17) is 0 Å². The number of halogens is 5. The van der Waals surface area contributed by atoms with E-state index in [1.165, 1.54) is 25.1 Å². The fourth-order valence-electron chi connectivity index (χ4n) is 1.53. The van der Waals surface area contributed by atoms with E-state index < -0.39 is 6.36 Å². The van der Waals surface area contributed by atoms with E-state index in [9.17, 15) is 18.0 Å². The van der Waals surface area contributed by atoms with Crippen molar-refractivity contribution in [2.75, 3.05) is 0 Å². The third kappa shape index (κ3) is 4.80. The molecule has 0 bridgehead atoms. The molecule has 0 aliphatic heterocycles. The Morgan fingerprint density at radius 3 is 2.37 bits per heavy atom. The van der Waals surface area contributed by atoms with E-state index in [2.05, 4.69) is 36.6 Å². The van der Waals surface area contributed by atoms with Gasteiger partial charge in [0.1, 0.15) is 11.5 Å². The predicted octanol–water partition coefficient (Wildman–Crippen LogP) is 4.80. The quantitative estimate of drug-likeness (QED) is 0.674. The van der Waals surface area contributed by atoms with Gasteiger partial charge in [-0.1, -0.05) is 28.9 Å². The average molecular weight is 404 g/mol. The summed E-state index contributed by atoms with van der Waals surface area (Å²) in [4.78, 5) is 10.9. The van der Waals surface area contributed by atoms with Crippen molar-refractivity contribution in [2.45, 2.75) is 31.0 Å². The number of ether oxygens (including phenoxy) is 1. The molecular formula is C12H11Br2F3O2. The minimum atomic E-state index is -4.73. The van der Waals surface area contributed by atoms with Crippen molar-refractivity contribution in [3.8, 4) is 5.75 Å². The Balaban J connectivity index is 2.97. The second kappa shape index (κ2) is 6.26. The van der Waals surface area contributed by atoms with Crippen LogP contribution in [-0.4, -0.2) is 17.0 Å². The number of Topliss-reactive ketones (excluding diaryl/α,β-unsaturated/α-hetero) is 1. The maximum Gasteiger partial charge on any atom is 0.573 e. The summed E-state index contributed by atoms with van der Waals surface area (Å²) in [5.74, 6) is -0.509. The molecule has 0 saturated heterocycles. The largest absolute Gasteiger partial charge is 0.573 e. The number of hydrogen-bond donors (Lipinski definition) is 0. The normalized spacial score (nSPS) is 14.9. The van der Waals surface area contributed by atoms with E-state index in [1.54, 1.807) is 0 Å². The van der Waals surface area contributed by atoms with Gasteiger partial charge in [-0.2, -0.15) is 0 Å². The molecule has 1 aromatic rings. The van der Waals surface area contributed by atoms with E-state index in [1.807, 2.05) is 6.92 Å². The highest BCUT2D eigenvalue weighted by atomic mass is 79.9. The lowest BCUT2D eigenvalue weighted by atomic mass is 9.96. The number of carbonyl (C=O) groups is 1. The fourth-order valence-corrected chi connectivity index (χ4v) is 2.31. The Hall–Kier alpha value is -0.560. The zero-order valence-corrected chi connectivity index (χ0v) is 13.3. The van der Waals surface area contributed by atoms with Crippen LogP contribution in [0.1, 0.15) is 25.3 Å². The molecule has 0 fully saturated rings. The summed E-state index contributed by atoms with van der Waals surface area (Å²) in [5.41, 5.74) is 0.735. The molecule has 2 unspecified atom stereocenters. The van der Waals surface area contributed by atoms with Gasteiger partial charge in [0.2, 0.25) is 0 Å². The molecule has 1 rings (SSSR count). The van der Waals surface area contributed by atoms with Crippen molar-refractivity contribution in [3.05, 3.63) is 28.2 Å². The first kappa shape index (κ1) is 16.5. The Morgan fingerprint density at radius 2 is 1.95 bits per heavy atom. The van der Waals surface area contributed by atoms with Gasteiger partial charge in [-0.15, -0.1) is 13.2 Å². The fraction of sp³-hybridized carbons (Fsp3) is 0.417. The molecule has 0 N–H and O–H groups in total. The topological polar surface area (TPSA) is 26.3 Å². The Morgan fingerprint density at radius 1 is 1.37 bits per heavy atom. The first-order valence-electron chi connectivity index (χ1n) is 5.31. The van der Waals surface area contributed by atoms with Gasteiger partial charge < -0.3 is 4.74 Å². The Bertz CT molecular complexity index is 475. The first-order chi connectivity index (χ1) is 8.61. The molecule has 1 aromatic carbocycles. The first-order valence-corrected chi connectivity index (χ1v) is 7.02. The molecule has 7 heteroatoms. The molecule has 19 heavy (non-hydrogen) atoms. The lowest BCUT2D eigenvalue weighted by Crippen LogP contribution is -2.19. The van der Waals surface area contributed by atoms with Crippen LogP contribution < -0.4 is 4.74 Å². The van der Waals surface area contributed by atoms with Gasteiger partial charge in [0.15, 0.2) is 0 Å². The lowest BCUT2D eigenvalue weighted by molar-refractivity contribution is -0.274. The van der Waals surface area contributed by atoms with E-state index >= 15 is 0 Å². The number of rotatable bonds is 4. The molecule has 0 heterocycles. The SMILES string of the molecule is CC(=O)C(Br)C(C)c1ccc(OC(F)(F)F)c(Br)c1. The molecule has 0 saturated carbocycles. The van der Waals surface area contributed by atoms with Crippen molar-refractivity contribution in [1.82, 2.24) is 0 Å². The van der Waals surface area contributed by atoms with Crippen LogP contribution in [0.2, 0.25) is 0 Å². The van der Waals surface area contributed by atoms with Crippen LogP contribution >= 0.6 is 31.9 Å². The van der Waals surface area contributed by atoms with Gasteiger partial charge in [-0.05, 0) is 40.5 Å². The molecule has 0 radical (unpaired) electrons. The highest BCUT2D eigenvalue weighted by Gasteiger charge is 2.32. The number of ketones is 1. The molecule has 0 aliphatic carbocycles. The summed E-state index contributed by atoms with van der Waals surface area (Å²) in [6.07, 6.45) is -4.73. The molecule has 0 aliphatic rings. The molecule has 0 aromatic heterocycles. The summed E-state index contributed by atoms with van der Waals surface area (Å²) in [6.45, 7) is 3.26. The van der Waals surface area contributed by atoms with Gasteiger partial charge in [-0.25, -0.2) is 0 Å². The second-order valence-corrected chi connectivity index (χ2v) is 5.88. The molecule has 2 nitrogen and oxygen atoms in total. The van der Waals surface area contributed by atoms with Crippen LogP contribution in [0.3, 0.4) is 0 Å². The van der Waals surface area contributed by atoms with E-state index in [0.717, 1.165) is 5.56 Å². The summed E-state index contributed by atoms with van der Waals surface area (Å²) in [5, 5.41) is 0. The Kier molecular flexibility index (Phi) is 5.43. The minimum Gasteiger partial charge on any atom is -0.405 e. The zero-order chi connectivity index (χ0) is 14.8. The van der Waals surface area contributed by atoms with E-state index in [0.29, 0.717) is 0 Å². The Labute approximate surface area is 125 Å². The standard InChI is InChI=1S/C12H11Br2F3O2/c1-6(11(14)7(2)18)8-3-4-10(9(13)5-8)19-12(15,16)17/h3-6,11H,1-2H3. The summed E-state index contributed by atoms with van der Waals surface area (Å²) >= 11 is 6.29. The van der Waals surface area contributed by atoms with Crippen LogP contribution in [0.25, 0.3) is 0 Å². The number of carbonyl (C=O) groups excluding carboxylic acids is 1. The highest BCUT2D eigenvalue weighted by Crippen LogP contribution is 2.34. The average Bonchev–Trinajstić information content (AvgIpc) is 2.28. The number of benzene rings is 1. The maximum atomic E-state index is 12.1. The molecular weight excluding hydrogens is 393 g/mol. The van der Waals surface area contributed by atoms with E-state index in [-0.39, 0.29) is 26.8 Å². The zero-order valence-electron chi connectivity index (χ0n) is 10.1. The van der Waals surface area contributed by atoms with Crippen molar-refractivity contribution < 1.29 is 22.7 Å². The third-order valence-electron chi connectivity index (χ3n) is 2.53. The smallest absolute Gasteiger partial charge is 0.405 e. The van der Waals surface area contributed by atoms with Gasteiger partial charge >= 0.3 is 6.36 Å². The predicted molar refractivity (Wildman–Crippen MR) is 72.6 cm³/mol. The summed E-state index contributed by atoms with van der Waals surface area (Å²) in [7, 11) is 0. The van der Waals surface area contributed by atoms with Crippen LogP contribution in [-0.2, 0) is 4.79 Å². The summed E-state index contributed by atoms with van der Waals surface area (Å²) in [6, 6.07) is 4.25. The van der Waals surface area contributed by atoms with Gasteiger partial charge in [0, 0.05) is 5.92 Å². The molecule has 106 valence electrons. The molecule has 0 amide bonds. The maximum absolute atomic E-state index is 12.1. The van der Waals surface area contributed by atoms with Crippen LogP contribution in [0.5, 0.6) is 5.75 Å². The monoisotopic (exact) mass is 402 g/mol. The van der Waals surface area contributed by atoms with Gasteiger partial charge in [0.05, 0.1) is 9.30 Å². The number of alkyl halides is 4. The van der Waals surface area contributed by atoms with Crippen molar-refractivity contribution in [3.63, 3.8) is 0 Å². The lowest BCUT2D eigenvalue weighted by Gasteiger charge is -2.18. The van der Waals surface area contributed by atoms with Gasteiger partial charge in [0.25, 0.3) is 0 Å². The van der Waals surface area contributed by atoms with Crippen LogP contribution in [0.4, 0.5) is 13.2 Å². The van der Waals surface area contributed by atoms with Crippen molar-refractivity contribution in [1.29, 1.82) is 0 Å². The number of hydrogen-bond acceptors (Lipinski definition) is 2.